The molecule has 9 heteroatoms. The number of halogens is 1. The standard InChI is InChI=1S/C31H42ClN3O4S/c1-6-17-33(5)27(37)23-24-28(38)35(19-10-8-9-11-20-36)26(31(24)16-15-30(23,4)40-31)29(39)34(18-7-2)25-21(3)13-12-14-22(25)32/h6-7,12-14,23-24,26,36H,1-2,8-11,15-20H2,3-5H3/t23-,24-,26?,30+,31?/m0/s1. The van der Waals surface area contributed by atoms with Crippen LogP contribution in [0, 0.1) is 18.8 Å². The number of aliphatic hydroxyl groups excluding tert-OH is 1. The fourth-order valence-corrected chi connectivity index (χ4v) is 9.79. The van der Waals surface area contributed by atoms with Gasteiger partial charge >= 0.3 is 0 Å². The predicted molar refractivity (Wildman–Crippen MR) is 163 cm³/mol. The molecule has 7 nitrogen and oxygen atoms in total. The summed E-state index contributed by atoms with van der Waals surface area (Å²) >= 11 is 8.33. The first-order valence-electron chi connectivity index (χ1n) is 14.2. The van der Waals surface area contributed by atoms with Crippen molar-refractivity contribution in [1.82, 2.24) is 9.80 Å². The molecule has 40 heavy (non-hydrogen) atoms. The number of likely N-dealkylation sites (N-methyl/N-ethyl adjacent to an activating group) is 1. The average molecular weight is 588 g/mol. The summed E-state index contributed by atoms with van der Waals surface area (Å²) in [5.41, 5.74) is 1.50. The van der Waals surface area contributed by atoms with Crippen LogP contribution in [0.1, 0.15) is 51.0 Å². The monoisotopic (exact) mass is 587 g/mol. The number of unbranched alkanes of at least 4 members (excludes halogenated alkanes) is 3. The summed E-state index contributed by atoms with van der Waals surface area (Å²) in [7, 11) is 1.75. The van der Waals surface area contributed by atoms with Gasteiger partial charge in [-0.2, -0.15) is 0 Å². The van der Waals surface area contributed by atoms with Crippen LogP contribution in [0.2, 0.25) is 5.02 Å². The first kappa shape index (κ1) is 30.7. The number of benzene rings is 1. The molecule has 1 aromatic rings. The number of para-hydroxylation sites is 1. The Balaban J connectivity index is 1.78. The maximum absolute atomic E-state index is 14.7. The number of hydrogen-bond donors (Lipinski definition) is 1. The van der Waals surface area contributed by atoms with Crippen molar-refractivity contribution in [2.24, 2.45) is 11.8 Å². The Morgan fingerprint density at radius 1 is 1.15 bits per heavy atom. The molecule has 2 bridgehead atoms. The summed E-state index contributed by atoms with van der Waals surface area (Å²) in [6.07, 6.45) is 7.97. The van der Waals surface area contributed by atoms with Gasteiger partial charge in [0, 0.05) is 38.0 Å². The molecule has 0 aromatic heterocycles. The minimum Gasteiger partial charge on any atom is -0.396 e. The van der Waals surface area contributed by atoms with Gasteiger partial charge < -0.3 is 19.8 Å². The number of likely N-dealkylation sites (tertiary alicyclic amines) is 1. The molecule has 3 saturated heterocycles. The van der Waals surface area contributed by atoms with Crippen molar-refractivity contribution < 1.29 is 19.5 Å². The Morgan fingerprint density at radius 3 is 2.50 bits per heavy atom. The van der Waals surface area contributed by atoms with E-state index >= 15 is 0 Å². The number of rotatable bonds is 13. The minimum absolute atomic E-state index is 0.0595. The summed E-state index contributed by atoms with van der Waals surface area (Å²) in [5, 5.41) is 9.66. The number of carbonyl (C=O) groups excluding carboxylic acids is 3. The van der Waals surface area contributed by atoms with E-state index in [-0.39, 0.29) is 30.9 Å². The third-order valence-electron chi connectivity index (χ3n) is 8.90. The quantitative estimate of drug-likeness (QED) is 0.264. The third-order valence-corrected chi connectivity index (χ3v) is 11.2. The number of thioether (sulfide) groups is 1. The number of nitrogens with zero attached hydrogens (tertiary/aromatic N) is 3. The Hall–Kier alpha value is -2.29. The second-order valence-electron chi connectivity index (χ2n) is 11.5. The van der Waals surface area contributed by atoms with Crippen LogP contribution in [0.4, 0.5) is 5.69 Å². The van der Waals surface area contributed by atoms with Gasteiger partial charge in [-0.25, -0.2) is 0 Å². The van der Waals surface area contributed by atoms with E-state index in [0.717, 1.165) is 31.2 Å². The minimum atomic E-state index is -0.715. The molecule has 0 radical (unpaired) electrons. The largest absolute Gasteiger partial charge is 0.396 e. The Bertz CT molecular complexity index is 1160. The number of fused-ring (bicyclic) bond motifs is 1. The maximum Gasteiger partial charge on any atom is 0.251 e. The zero-order chi connectivity index (χ0) is 29.2. The van der Waals surface area contributed by atoms with Crippen LogP contribution in [-0.2, 0) is 14.4 Å². The lowest BCUT2D eigenvalue weighted by Gasteiger charge is -2.38. The lowest BCUT2D eigenvalue weighted by atomic mass is 9.66. The molecule has 2 unspecified atom stereocenters. The second-order valence-corrected chi connectivity index (χ2v) is 13.9. The van der Waals surface area contributed by atoms with Crippen molar-refractivity contribution in [2.45, 2.75) is 67.9 Å². The molecule has 4 rings (SSSR count). The zero-order valence-electron chi connectivity index (χ0n) is 23.9. The summed E-state index contributed by atoms with van der Waals surface area (Å²) in [4.78, 5) is 48.0. The highest BCUT2D eigenvalue weighted by Crippen LogP contribution is 2.71. The smallest absolute Gasteiger partial charge is 0.251 e. The molecule has 218 valence electrons. The highest BCUT2D eigenvalue weighted by Gasteiger charge is 2.77. The fourth-order valence-electron chi connectivity index (χ4n) is 7.12. The van der Waals surface area contributed by atoms with E-state index in [1.165, 1.54) is 0 Å². The van der Waals surface area contributed by atoms with Crippen molar-refractivity contribution in [2.75, 3.05) is 38.2 Å². The van der Waals surface area contributed by atoms with E-state index in [4.69, 9.17) is 11.6 Å². The molecule has 3 fully saturated rings. The van der Waals surface area contributed by atoms with Crippen molar-refractivity contribution in [3.05, 3.63) is 54.1 Å². The van der Waals surface area contributed by atoms with Gasteiger partial charge in [0.25, 0.3) is 5.91 Å². The molecule has 3 heterocycles. The predicted octanol–water partition coefficient (Wildman–Crippen LogP) is 4.85. The molecule has 1 aromatic carbocycles. The van der Waals surface area contributed by atoms with Gasteiger partial charge in [0.2, 0.25) is 11.8 Å². The van der Waals surface area contributed by atoms with Crippen molar-refractivity contribution >= 4 is 46.8 Å². The Morgan fingerprint density at radius 2 is 1.85 bits per heavy atom. The molecule has 5 atom stereocenters. The van der Waals surface area contributed by atoms with Gasteiger partial charge in [-0.05, 0) is 51.2 Å². The van der Waals surface area contributed by atoms with Crippen LogP contribution < -0.4 is 4.90 Å². The van der Waals surface area contributed by atoms with Crippen LogP contribution >= 0.6 is 23.4 Å². The zero-order valence-corrected chi connectivity index (χ0v) is 25.5. The molecule has 0 aliphatic carbocycles. The van der Waals surface area contributed by atoms with Gasteiger partial charge in [0.15, 0.2) is 0 Å². The number of hydrogen-bond acceptors (Lipinski definition) is 5. The average Bonchev–Trinajstić information content (AvgIpc) is 3.48. The topological polar surface area (TPSA) is 81.2 Å². The number of carbonyl (C=O) groups is 3. The summed E-state index contributed by atoms with van der Waals surface area (Å²) < 4.78 is -1.12. The summed E-state index contributed by atoms with van der Waals surface area (Å²) in [6, 6.07) is 4.84. The summed E-state index contributed by atoms with van der Waals surface area (Å²) in [6.45, 7) is 12.9. The van der Waals surface area contributed by atoms with Crippen LogP contribution in [0.3, 0.4) is 0 Å². The molecule has 3 aliphatic rings. The SMILES string of the molecule is C=CCN(C)C(=O)[C@@H]1[C@H]2C(=O)N(CCCCCCO)C(C(=O)N(CC=C)c3c(C)cccc3Cl)C23CC[C@@]1(C)S3. The Labute approximate surface area is 247 Å². The lowest BCUT2D eigenvalue weighted by molar-refractivity contribution is -0.144. The van der Waals surface area contributed by atoms with Gasteiger partial charge in [-0.1, -0.05) is 48.7 Å². The Kier molecular flexibility index (Phi) is 9.42. The van der Waals surface area contributed by atoms with E-state index in [2.05, 4.69) is 20.1 Å². The van der Waals surface area contributed by atoms with E-state index in [1.54, 1.807) is 51.7 Å². The highest BCUT2D eigenvalue weighted by molar-refractivity contribution is 8.02. The molecule has 0 saturated carbocycles. The first-order chi connectivity index (χ1) is 19.1. The van der Waals surface area contributed by atoms with Gasteiger partial charge in [0.05, 0.1) is 27.3 Å². The van der Waals surface area contributed by atoms with Crippen molar-refractivity contribution in [3.8, 4) is 0 Å². The normalized spacial score (nSPS) is 28.5. The van der Waals surface area contributed by atoms with E-state index in [1.807, 2.05) is 19.1 Å². The van der Waals surface area contributed by atoms with Gasteiger partial charge in [-0.3, -0.25) is 14.4 Å². The molecular formula is C31H42ClN3O4S. The third kappa shape index (κ3) is 5.12. The van der Waals surface area contributed by atoms with Crippen molar-refractivity contribution in [3.63, 3.8) is 0 Å². The fraction of sp³-hybridized carbons (Fsp3) is 0.581. The van der Waals surface area contributed by atoms with Gasteiger partial charge in [0.1, 0.15) is 6.04 Å². The molecule has 3 aliphatic heterocycles. The number of anilines is 1. The molecule has 3 amide bonds. The lowest BCUT2D eigenvalue weighted by Crippen LogP contribution is -2.55. The van der Waals surface area contributed by atoms with Gasteiger partial charge in [-0.15, -0.1) is 24.9 Å². The summed E-state index contributed by atoms with van der Waals surface area (Å²) in [5.74, 6) is -1.41. The van der Waals surface area contributed by atoms with Crippen LogP contribution in [-0.4, -0.2) is 81.5 Å². The van der Waals surface area contributed by atoms with Crippen molar-refractivity contribution in [1.29, 1.82) is 0 Å². The number of aryl methyl sites for hydroxylation is 1. The van der Waals surface area contributed by atoms with Crippen LogP contribution in [0.15, 0.2) is 43.5 Å². The maximum atomic E-state index is 14.7. The number of aliphatic hydroxyl groups is 1. The van der Waals surface area contributed by atoms with Crippen LogP contribution in [0.25, 0.3) is 0 Å². The van der Waals surface area contributed by atoms with E-state index < -0.39 is 27.4 Å². The first-order valence-corrected chi connectivity index (χ1v) is 15.4. The molecule has 1 spiro atoms. The highest BCUT2D eigenvalue weighted by atomic mass is 35.5. The molecular weight excluding hydrogens is 546 g/mol. The second kappa shape index (κ2) is 12.3. The van der Waals surface area contributed by atoms with Crippen LogP contribution in [0.5, 0.6) is 0 Å². The van der Waals surface area contributed by atoms with E-state index in [9.17, 15) is 19.5 Å². The molecule has 1 N–H and O–H groups in total. The number of amides is 3. The van der Waals surface area contributed by atoms with E-state index in [0.29, 0.717) is 36.6 Å².